The Kier molecular flexibility index (Phi) is 29.8. The standard InChI is InChI=1S/C18H17N5O2.C17H16N6O2.C14H14N2O2.C7H9N3O2.C4H3IN2.C2H6/c1-13-9-20-11-17(22-13)23(16-10-19-7-8-21-16)12-14-3-5-15(6-4-14)18(24)25-2;1-12-8-19-10-16(21-12)23(15-9-18-6-7-20-15)11-13-2-4-14(5-3-13)17(24)22-25;1-18-14(17)12-5-2-11(3-6-12)4-7-13-10-15-8-9-16-13;1-12-7(11)6-4-9-5(2-8)3-10-6;5-4-3-6-1-2-7-4;1-2/h3-11H,12H2,1-2H3;2-10,25H,11H2,1H3,(H,22,24);2-3,5-6,8-10H,4,7H2,1H3;3-4H,2,8H2,1H3;1-3H;1-2H3. The van der Waals surface area contributed by atoms with Gasteiger partial charge in [0.2, 0.25) is 0 Å². The monoisotopic (exact) mass is 1320 g/mol. The van der Waals surface area contributed by atoms with Crippen LogP contribution in [0.25, 0.3) is 0 Å². The molecule has 0 aliphatic heterocycles. The second-order valence-corrected chi connectivity index (χ2v) is 18.8. The molecule has 10 rings (SSSR count). The van der Waals surface area contributed by atoms with Crippen LogP contribution < -0.4 is 21.0 Å². The van der Waals surface area contributed by atoms with E-state index >= 15 is 0 Å². The first-order chi connectivity index (χ1) is 43.3. The lowest BCUT2D eigenvalue weighted by molar-refractivity contribution is 0.0586. The van der Waals surface area contributed by atoms with Crippen molar-refractivity contribution in [3.8, 4) is 0 Å². The molecule has 7 aromatic heterocycles. The van der Waals surface area contributed by atoms with E-state index in [1.165, 1.54) is 33.7 Å². The van der Waals surface area contributed by atoms with Crippen molar-refractivity contribution in [3.63, 3.8) is 0 Å². The number of hydroxylamine groups is 1. The fraction of sp³-hybridized carbons (Fsp3) is 0.194. The summed E-state index contributed by atoms with van der Waals surface area (Å²) in [7, 11) is 4.04. The third kappa shape index (κ3) is 23.6. The summed E-state index contributed by atoms with van der Waals surface area (Å²) in [6.07, 6.45) is 31.2. The van der Waals surface area contributed by atoms with Crippen LogP contribution in [0.5, 0.6) is 0 Å². The molecule has 89 heavy (non-hydrogen) atoms. The van der Waals surface area contributed by atoms with Gasteiger partial charge in [0.15, 0.2) is 29.0 Å². The minimum absolute atomic E-state index is 0.190. The summed E-state index contributed by atoms with van der Waals surface area (Å²) in [5.41, 5.74) is 14.8. The molecule has 0 fully saturated rings. The molecule has 0 unspecified atom stereocenters. The van der Waals surface area contributed by atoms with Gasteiger partial charge in [0.1, 0.15) is 3.70 Å². The van der Waals surface area contributed by atoms with Gasteiger partial charge in [-0.3, -0.25) is 49.9 Å². The summed E-state index contributed by atoms with van der Waals surface area (Å²) in [6, 6.07) is 21.5. The number of nitrogens with one attached hydrogen (secondary N) is 1. The van der Waals surface area contributed by atoms with Crippen LogP contribution in [-0.2, 0) is 46.7 Å². The first kappa shape index (κ1) is 69.1. The number of aromatic nitrogens is 14. The van der Waals surface area contributed by atoms with Crippen molar-refractivity contribution >= 4 is 69.7 Å². The summed E-state index contributed by atoms with van der Waals surface area (Å²) in [4.78, 5) is 107. The Morgan fingerprint density at radius 3 is 1.26 bits per heavy atom. The number of rotatable bonds is 16. The first-order valence-corrected chi connectivity index (χ1v) is 28.2. The molecule has 0 spiro atoms. The van der Waals surface area contributed by atoms with Crippen molar-refractivity contribution in [1.29, 1.82) is 0 Å². The Morgan fingerprint density at radius 1 is 0.461 bits per heavy atom. The van der Waals surface area contributed by atoms with Crippen molar-refractivity contribution in [1.82, 2.24) is 75.3 Å². The molecule has 0 aliphatic rings. The molecule has 4 N–H and O–H groups in total. The van der Waals surface area contributed by atoms with Gasteiger partial charge in [-0.2, -0.15) is 0 Å². The van der Waals surface area contributed by atoms with E-state index in [1.807, 2.05) is 61.8 Å². The van der Waals surface area contributed by atoms with Gasteiger partial charge < -0.3 is 29.7 Å². The molecule has 0 saturated heterocycles. The van der Waals surface area contributed by atoms with E-state index in [4.69, 9.17) is 15.7 Å². The first-order valence-electron chi connectivity index (χ1n) is 27.1. The number of carbonyl (C=O) groups excluding carboxylic acids is 4. The molecule has 0 radical (unpaired) electrons. The van der Waals surface area contributed by atoms with Crippen molar-refractivity contribution in [2.75, 3.05) is 31.1 Å². The third-order valence-electron chi connectivity index (χ3n) is 11.6. The number of aryl methyl sites for hydroxylation is 4. The van der Waals surface area contributed by atoms with Gasteiger partial charge in [-0.25, -0.2) is 49.8 Å². The molecule has 10 aromatic rings. The molecule has 26 nitrogen and oxygen atoms in total. The Morgan fingerprint density at radius 2 is 0.899 bits per heavy atom. The van der Waals surface area contributed by atoms with E-state index < -0.39 is 11.9 Å². The number of esters is 3. The van der Waals surface area contributed by atoms with E-state index in [0.717, 1.165) is 50.3 Å². The Bertz CT molecular complexity index is 3550. The summed E-state index contributed by atoms with van der Waals surface area (Å²) in [5, 5.41) is 8.69. The maximum atomic E-state index is 11.6. The van der Waals surface area contributed by atoms with E-state index in [9.17, 15) is 19.2 Å². The van der Waals surface area contributed by atoms with Crippen LogP contribution in [0.15, 0.2) is 184 Å². The van der Waals surface area contributed by atoms with Gasteiger partial charge in [-0.1, -0.05) is 50.2 Å². The quantitative estimate of drug-likeness (QED) is 0.0268. The lowest BCUT2D eigenvalue weighted by atomic mass is 10.1. The highest BCUT2D eigenvalue weighted by Crippen LogP contribution is 2.25. The number of nitrogens with zero attached hydrogens (tertiary/aromatic N) is 16. The molecule has 0 bridgehead atoms. The molecule has 3 aromatic carbocycles. The van der Waals surface area contributed by atoms with E-state index in [1.54, 1.807) is 153 Å². The average Bonchev–Trinajstić information content (AvgIpc) is 3.55. The fourth-order valence-corrected chi connectivity index (χ4v) is 7.57. The number of hydrogen-bond donors (Lipinski definition) is 3. The van der Waals surface area contributed by atoms with Crippen LogP contribution in [0.1, 0.15) is 94.9 Å². The van der Waals surface area contributed by atoms with Crippen molar-refractivity contribution in [3.05, 3.63) is 250 Å². The van der Waals surface area contributed by atoms with Gasteiger partial charge in [-0.15, -0.1) is 0 Å². The molecular formula is C62H65IN18O8. The zero-order chi connectivity index (χ0) is 64.2. The number of methoxy groups -OCH3 is 3. The van der Waals surface area contributed by atoms with Gasteiger partial charge in [0.05, 0.1) is 112 Å². The molecule has 0 aliphatic carbocycles. The molecule has 0 atom stereocenters. The highest BCUT2D eigenvalue weighted by molar-refractivity contribution is 14.1. The molecule has 0 saturated carbocycles. The molecule has 7 heterocycles. The lowest BCUT2D eigenvalue weighted by Crippen LogP contribution is -2.20. The number of ether oxygens (including phenoxy) is 3. The number of halogens is 1. The summed E-state index contributed by atoms with van der Waals surface area (Å²) >= 11 is 2.11. The summed E-state index contributed by atoms with van der Waals surface area (Å²) in [6.45, 7) is 9.05. The van der Waals surface area contributed by atoms with E-state index in [-0.39, 0.29) is 17.6 Å². The maximum Gasteiger partial charge on any atom is 0.358 e. The predicted molar refractivity (Wildman–Crippen MR) is 337 cm³/mol. The molecule has 27 heteroatoms. The Balaban J connectivity index is 0.000000211. The average molecular weight is 1320 g/mol. The zero-order valence-corrected chi connectivity index (χ0v) is 51.9. The zero-order valence-electron chi connectivity index (χ0n) is 49.8. The van der Waals surface area contributed by atoms with Crippen molar-refractivity contribution in [2.24, 2.45) is 5.73 Å². The van der Waals surface area contributed by atoms with Crippen LogP contribution in [0.3, 0.4) is 0 Å². The predicted octanol–water partition coefficient (Wildman–Crippen LogP) is 8.61. The molecular weight excluding hydrogens is 1250 g/mol. The number of nitrogens with two attached hydrogens (primary N) is 1. The molecule has 1 amide bonds. The number of hydrogen-bond acceptors (Lipinski definition) is 25. The number of anilines is 4. The van der Waals surface area contributed by atoms with Crippen molar-refractivity contribution < 1.29 is 38.6 Å². The molecule has 458 valence electrons. The Hall–Kier alpha value is -10.7. The normalized spacial score (nSPS) is 9.87. The van der Waals surface area contributed by atoms with Gasteiger partial charge in [0.25, 0.3) is 5.91 Å². The Labute approximate surface area is 527 Å². The summed E-state index contributed by atoms with van der Waals surface area (Å²) in [5.74, 6) is 0.916. The highest BCUT2D eigenvalue weighted by atomic mass is 127. The highest BCUT2D eigenvalue weighted by Gasteiger charge is 2.17. The largest absolute Gasteiger partial charge is 0.465 e. The van der Waals surface area contributed by atoms with Crippen molar-refractivity contribution in [2.45, 2.75) is 60.2 Å². The number of benzene rings is 3. The lowest BCUT2D eigenvalue weighted by Gasteiger charge is -2.22. The minimum Gasteiger partial charge on any atom is -0.465 e. The van der Waals surface area contributed by atoms with Crippen LogP contribution >= 0.6 is 22.6 Å². The number of amides is 1. The van der Waals surface area contributed by atoms with Gasteiger partial charge >= 0.3 is 17.9 Å². The van der Waals surface area contributed by atoms with Crippen LogP contribution in [0.4, 0.5) is 23.3 Å². The fourth-order valence-electron chi connectivity index (χ4n) is 7.24. The maximum absolute atomic E-state index is 11.6. The SMILES string of the molecule is CC.COC(=O)c1ccc(CCc2cnccn2)cc1.COC(=O)c1ccc(CN(c2cnccn2)c2cncc(C)n2)cc1.COC(=O)c1cnc(CN)cn1.Cc1cncc(N(Cc2ccc(C(=O)NO)cc2)c2cnccn2)n1.Ic1cnccn1. The second-order valence-electron chi connectivity index (χ2n) is 17.7. The summed E-state index contributed by atoms with van der Waals surface area (Å²) < 4.78 is 14.7. The third-order valence-corrected chi connectivity index (χ3v) is 12.1. The number of carbonyl (C=O) groups is 4. The van der Waals surface area contributed by atoms with Gasteiger partial charge in [0, 0.05) is 80.3 Å². The van der Waals surface area contributed by atoms with E-state index in [0.29, 0.717) is 65.3 Å². The second kappa shape index (κ2) is 38.4. The van der Waals surface area contributed by atoms with Crippen LogP contribution in [-0.4, -0.2) is 120 Å². The van der Waals surface area contributed by atoms with E-state index in [2.05, 4.69) is 102 Å². The van der Waals surface area contributed by atoms with Crippen LogP contribution in [0.2, 0.25) is 0 Å². The van der Waals surface area contributed by atoms with Gasteiger partial charge in [-0.05, 0) is 102 Å². The topological polar surface area (TPSA) is 341 Å². The smallest absolute Gasteiger partial charge is 0.358 e. The van der Waals surface area contributed by atoms with Crippen LogP contribution in [0, 0.1) is 17.5 Å². The minimum atomic E-state index is -0.554.